The van der Waals surface area contributed by atoms with Crippen molar-refractivity contribution in [3.8, 4) is 0 Å². The molecular formula is C42H45FN6O13S3. The van der Waals surface area contributed by atoms with Crippen molar-refractivity contribution in [3.05, 3.63) is 89.5 Å². The number of halogens is 1. The monoisotopic (exact) mass is 956 g/mol. The quantitative estimate of drug-likeness (QED) is 0.0503. The lowest BCUT2D eigenvalue weighted by molar-refractivity contribution is -0.193. The average molecular weight is 957 g/mol. The van der Waals surface area contributed by atoms with Gasteiger partial charge in [0, 0.05) is 54.9 Å². The number of nitrogens with one attached hydrogen (secondary N) is 1. The van der Waals surface area contributed by atoms with Gasteiger partial charge in [0.1, 0.15) is 34.8 Å². The van der Waals surface area contributed by atoms with Crippen molar-refractivity contribution in [1.82, 2.24) is 19.7 Å². The Morgan fingerprint density at radius 2 is 1.74 bits per heavy atom. The Bertz CT molecular complexity index is 2690. The maximum atomic E-state index is 15.8. The van der Waals surface area contributed by atoms with Crippen LogP contribution in [0.4, 0.5) is 14.9 Å². The number of nitrogens with zero attached hydrogens (tertiary/aromatic N) is 4. The van der Waals surface area contributed by atoms with Crippen molar-refractivity contribution in [3.63, 3.8) is 0 Å². The number of hydrogen-bond donors (Lipinski definition) is 2. The highest BCUT2D eigenvalue weighted by Crippen LogP contribution is 2.48. The first kappa shape index (κ1) is 45.9. The molecular weight excluding hydrogens is 912 g/mol. The molecule has 1 aromatic carbocycles. The van der Waals surface area contributed by atoms with Crippen LogP contribution in [0.5, 0.6) is 0 Å². The number of carbonyl (C=O) groups excluding carboxylic acids is 5. The molecule has 2 saturated heterocycles. The number of nitrogens with two attached hydrogens (primary N) is 1. The highest BCUT2D eigenvalue weighted by atomic mass is 32.2. The van der Waals surface area contributed by atoms with Crippen LogP contribution in [0.3, 0.4) is 0 Å². The molecule has 4 aliphatic heterocycles. The number of aromatic nitrogens is 1. The van der Waals surface area contributed by atoms with Crippen LogP contribution in [0.25, 0.3) is 10.9 Å². The summed E-state index contributed by atoms with van der Waals surface area (Å²) < 4.78 is 49.3. The van der Waals surface area contributed by atoms with Crippen molar-refractivity contribution in [2.45, 2.75) is 67.6 Å². The second-order valence-corrected chi connectivity index (χ2v) is 19.0. The van der Waals surface area contributed by atoms with Crippen LogP contribution in [-0.2, 0) is 46.3 Å². The maximum Gasteiger partial charge on any atom is 0.519 e. The van der Waals surface area contributed by atoms with E-state index in [0.29, 0.717) is 79.7 Å². The van der Waals surface area contributed by atoms with Crippen LogP contribution < -0.4 is 27.2 Å². The lowest BCUT2D eigenvalue weighted by Crippen LogP contribution is -2.80. The van der Waals surface area contributed by atoms with Crippen molar-refractivity contribution in [1.29, 1.82) is 0 Å². The Balaban J connectivity index is 0.849. The summed E-state index contributed by atoms with van der Waals surface area (Å²) in [7, 11) is 1.29. The van der Waals surface area contributed by atoms with Gasteiger partial charge in [-0.3, -0.25) is 24.2 Å². The fraction of sp³-hybridized carbons (Fsp3) is 0.452. The van der Waals surface area contributed by atoms with Crippen LogP contribution >= 0.6 is 34.9 Å². The lowest BCUT2D eigenvalue weighted by Gasteiger charge is -2.55. The number of aryl methyl sites for hydroxylation is 1. The molecule has 65 heavy (non-hydrogen) atoms. The molecule has 0 saturated carbocycles. The van der Waals surface area contributed by atoms with Gasteiger partial charge in [-0.1, -0.05) is 17.8 Å². The molecule has 3 atom stereocenters. The molecule has 3 amide bonds. The molecule has 346 valence electrons. The molecule has 7 heterocycles. The fourth-order valence-electron chi connectivity index (χ4n) is 8.20. The molecule has 4 aliphatic rings. The normalized spacial score (nSPS) is 20.5. The number of thiophene rings is 1. The van der Waals surface area contributed by atoms with E-state index >= 15 is 4.39 Å². The Labute approximate surface area is 382 Å². The average Bonchev–Trinajstić information content (AvgIpc) is 3.91. The molecule has 3 aromatic heterocycles. The third kappa shape index (κ3) is 9.03. The van der Waals surface area contributed by atoms with E-state index in [4.69, 9.17) is 33.5 Å². The third-order valence-electron chi connectivity index (χ3n) is 11.5. The maximum absolute atomic E-state index is 15.8. The van der Waals surface area contributed by atoms with E-state index in [9.17, 15) is 33.6 Å². The first-order valence-corrected chi connectivity index (χ1v) is 23.5. The van der Waals surface area contributed by atoms with E-state index < -0.39 is 58.0 Å². The fourth-order valence-corrected chi connectivity index (χ4v) is 11.5. The van der Waals surface area contributed by atoms with E-state index in [0.717, 1.165) is 4.88 Å². The first-order valence-electron chi connectivity index (χ1n) is 20.7. The topological polar surface area (TPSA) is 235 Å². The van der Waals surface area contributed by atoms with E-state index in [2.05, 4.69) is 10.2 Å². The summed E-state index contributed by atoms with van der Waals surface area (Å²) in [5.74, 6) is -3.16. The molecule has 19 nitrogen and oxygen atoms in total. The van der Waals surface area contributed by atoms with Crippen LogP contribution in [-0.4, -0.2) is 114 Å². The van der Waals surface area contributed by atoms with Gasteiger partial charge in [0.15, 0.2) is 5.76 Å². The van der Waals surface area contributed by atoms with E-state index in [-0.39, 0.29) is 59.6 Å². The Morgan fingerprint density at radius 3 is 2.38 bits per heavy atom. The summed E-state index contributed by atoms with van der Waals surface area (Å²) in [6.45, 7) is 5.58. The predicted octanol–water partition coefficient (Wildman–Crippen LogP) is 3.84. The minimum Gasteiger partial charge on any atom is -0.462 e. The van der Waals surface area contributed by atoms with Gasteiger partial charge in [-0.05, 0) is 56.7 Å². The first-order chi connectivity index (χ1) is 31.2. The number of unbranched alkanes of at least 4 members (excludes halogenated alkanes) is 2. The number of benzene rings is 1. The Hall–Kier alpha value is -5.62. The molecule has 0 spiro atoms. The molecule has 0 radical (unpaired) electrons. The zero-order valence-electron chi connectivity index (χ0n) is 35.5. The van der Waals surface area contributed by atoms with Gasteiger partial charge < -0.3 is 48.3 Å². The Kier molecular flexibility index (Phi) is 13.5. The van der Waals surface area contributed by atoms with Crippen LogP contribution in [0.1, 0.15) is 58.3 Å². The molecule has 1 unspecified atom stereocenters. The second-order valence-electron chi connectivity index (χ2n) is 15.6. The number of ether oxygens (including phenoxy) is 4. The highest BCUT2D eigenvalue weighted by Gasteiger charge is 2.66. The molecule has 0 aliphatic carbocycles. The number of anilines is 1. The standard InChI is InChI=1S/C42H45FN6O13S3/c1-22-30(62-41(56)61-22)19-46-9-11-47(12-10-46)29-18-28-26(17-27(29)43)34(51)32(35-48(28)23(2)65-35)36(52)58-13-5-4-6-14-59-37(53)33-24(20-60-40(44)55)21-64-39-42(57-3,38(54)49(33)39)45-31(50)16-25-8-7-15-63-25/h7-8,15,17-18,23,39H,4-6,9-14,16,19-21H2,1-3H3,(H2,44,55)(H,45,50)/t23?,39-,42+/m1/s1. The molecule has 0 bridgehead atoms. The van der Waals surface area contributed by atoms with Crippen LogP contribution in [0.15, 0.2) is 64.4 Å². The van der Waals surface area contributed by atoms with Gasteiger partial charge in [-0.15, -0.1) is 23.1 Å². The van der Waals surface area contributed by atoms with Crippen molar-refractivity contribution < 1.29 is 56.1 Å². The Morgan fingerprint density at radius 1 is 1.00 bits per heavy atom. The zero-order chi connectivity index (χ0) is 46.2. The molecule has 23 heteroatoms. The van der Waals surface area contributed by atoms with Gasteiger partial charge in [0.2, 0.25) is 11.3 Å². The number of hydrogen-bond acceptors (Lipinski definition) is 18. The van der Waals surface area contributed by atoms with Gasteiger partial charge in [0.05, 0.1) is 47.8 Å². The van der Waals surface area contributed by atoms with E-state index in [1.165, 1.54) is 52.9 Å². The largest absolute Gasteiger partial charge is 0.519 e. The minimum atomic E-state index is -1.74. The lowest BCUT2D eigenvalue weighted by atomic mass is 9.98. The number of carbonyl (C=O) groups is 5. The van der Waals surface area contributed by atoms with Crippen molar-refractivity contribution >= 4 is 81.3 Å². The second kappa shape index (κ2) is 19.1. The molecule has 8 rings (SSSR count). The predicted molar refractivity (Wildman–Crippen MR) is 235 cm³/mol. The number of β-lactam (4-membered cyclic amide) rings is 1. The van der Waals surface area contributed by atoms with Gasteiger partial charge >= 0.3 is 23.9 Å². The smallest absolute Gasteiger partial charge is 0.462 e. The number of primary amides is 1. The van der Waals surface area contributed by atoms with Gasteiger partial charge in [0.25, 0.3) is 11.6 Å². The number of methoxy groups -OCH3 is 1. The van der Waals surface area contributed by atoms with Crippen molar-refractivity contribution in [2.75, 3.05) is 63.8 Å². The number of esters is 2. The summed E-state index contributed by atoms with van der Waals surface area (Å²) in [6.07, 6.45) is 0.104. The van der Waals surface area contributed by atoms with E-state index in [1.54, 1.807) is 19.1 Å². The van der Waals surface area contributed by atoms with Crippen molar-refractivity contribution in [2.24, 2.45) is 5.73 Å². The van der Waals surface area contributed by atoms with Gasteiger partial charge in [-0.2, -0.15) is 0 Å². The third-order valence-corrected chi connectivity index (χ3v) is 14.9. The number of pyridine rings is 1. The summed E-state index contributed by atoms with van der Waals surface area (Å²) in [5.41, 5.74) is 3.65. The van der Waals surface area contributed by atoms with Crippen LogP contribution in [0, 0.1) is 12.7 Å². The highest BCUT2D eigenvalue weighted by molar-refractivity contribution is 8.00. The van der Waals surface area contributed by atoms with E-state index in [1.807, 2.05) is 27.8 Å². The minimum absolute atomic E-state index is 0.0280. The summed E-state index contributed by atoms with van der Waals surface area (Å²) >= 11 is 3.94. The summed E-state index contributed by atoms with van der Waals surface area (Å²) in [5, 5.41) is 4.08. The number of piperazine rings is 1. The number of rotatable bonds is 17. The number of amides is 3. The zero-order valence-corrected chi connectivity index (χ0v) is 38.0. The van der Waals surface area contributed by atoms with Crippen LogP contribution in [0.2, 0.25) is 0 Å². The summed E-state index contributed by atoms with van der Waals surface area (Å²) in [6, 6.07) is 6.43. The molecule has 3 N–H and O–H groups in total. The SMILES string of the molecule is CO[C@@]1(NC(=O)Cc2cccs2)C(=O)N2C(C(=O)OCCCCCOC(=O)c3c4n(c5cc(N6CCN(Cc7oc(=O)oc7C)CC6)c(F)cc5c3=O)C(C)S4)=C(COC(N)=O)CS[C@@H]21. The molecule has 2 fully saturated rings. The van der Waals surface area contributed by atoms with Gasteiger partial charge in [-0.25, -0.2) is 23.6 Å². The number of thioether (sulfide) groups is 2. The number of fused-ring (bicyclic) bond motifs is 4. The molecule has 4 aromatic rings. The summed E-state index contributed by atoms with van der Waals surface area (Å²) in [4.78, 5) is 96.2.